The molecule has 0 atom stereocenters. The Kier molecular flexibility index (Phi) is 4.88. The average Bonchev–Trinajstić information content (AvgIpc) is 3.17. The molecule has 164 valence electrons. The Hall–Kier alpha value is -3.24. The van der Waals surface area contributed by atoms with E-state index in [1.807, 2.05) is 24.3 Å². The van der Waals surface area contributed by atoms with E-state index in [1.165, 1.54) is 30.9 Å². The van der Waals surface area contributed by atoms with Crippen molar-refractivity contribution in [3.63, 3.8) is 0 Å². The number of hydrogen-bond donors (Lipinski definition) is 2. The molecule has 4 heterocycles. The number of anilines is 1. The van der Waals surface area contributed by atoms with E-state index in [9.17, 15) is 0 Å². The zero-order valence-corrected chi connectivity index (χ0v) is 18.1. The largest absolute Gasteiger partial charge is 0.464 e. The van der Waals surface area contributed by atoms with Gasteiger partial charge in [-0.25, -0.2) is 15.0 Å². The number of nitrogens with one attached hydrogen (secondary N) is 1. The summed E-state index contributed by atoms with van der Waals surface area (Å²) < 4.78 is 19.0. The van der Waals surface area contributed by atoms with E-state index in [-0.39, 0.29) is 6.79 Å². The van der Waals surface area contributed by atoms with Gasteiger partial charge in [0.1, 0.15) is 12.1 Å². The van der Waals surface area contributed by atoms with Crippen LogP contribution in [0, 0.1) is 5.92 Å². The standard InChI is InChI=1S/C22H22N6O3S/c23-20-19-21(26-11-25-20)28(6-5-24-10-13-3-4-13)22(27-19)32-18-9-17-16(30-12-31-17)8-14(18)15-2-1-7-29-15/h1-2,7-9,11,13,24H,3-6,10,12H2,(H2,23,25,26). The normalized spacial score (nSPS) is 15.0. The van der Waals surface area contributed by atoms with Gasteiger partial charge in [0, 0.05) is 23.5 Å². The third-order valence-electron chi connectivity index (χ3n) is 5.63. The molecule has 6 rings (SSSR count). The van der Waals surface area contributed by atoms with E-state index < -0.39 is 0 Å². The van der Waals surface area contributed by atoms with Gasteiger partial charge in [-0.05, 0) is 49.6 Å². The Bertz CT molecular complexity index is 1270. The quantitative estimate of drug-likeness (QED) is 0.389. The topological polar surface area (TPSA) is 113 Å². The first-order valence-electron chi connectivity index (χ1n) is 10.6. The van der Waals surface area contributed by atoms with Gasteiger partial charge < -0.3 is 29.5 Å². The average molecular weight is 451 g/mol. The third kappa shape index (κ3) is 3.65. The van der Waals surface area contributed by atoms with Crippen molar-refractivity contribution < 1.29 is 13.9 Å². The summed E-state index contributed by atoms with van der Waals surface area (Å²) in [6, 6.07) is 7.71. The molecule has 4 aromatic rings. The molecule has 3 aromatic heterocycles. The van der Waals surface area contributed by atoms with Crippen molar-refractivity contribution in [1.29, 1.82) is 0 Å². The van der Waals surface area contributed by atoms with Crippen molar-refractivity contribution in [2.45, 2.75) is 29.4 Å². The summed E-state index contributed by atoms with van der Waals surface area (Å²) in [6.45, 7) is 2.81. The van der Waals surface area contributed by atoms with Crippen molar-refractivity contribution in [2.24, 2.45) is 5.92 Å². The Balaban J connectivity index is 1.38. The molecule has 0 bridgehead atoms. The van der Waals surface area contributed by atoms with E-state index in [2.05, 4.69) is 19.9 Å². The molecular formula is C22H22N6O3S. The number of fused-ring (bicyclic) bond motifs is 2. The van der Waals surface area contributed by atoms with Crippen molar-refractivity contribution in [1.82, 2.24) is 24.8 Å². The van der Waals surface area contributed by atoms with Crippen molar-refractivity contribution in [3.8, 4) is 22.8 Å². The number of rotatable bonds is 8. The molecule has 0 saturated heterocycles. The number of nitrogen functional groups attached to an aromatic ring is 1. The van der Waals surface area contributed by atoms with Crippen molar-refractivity contribution in [3.05, 3.63) is 36.9 Å². The number of nitrogens with zero attached hydrogens (tertiary/aromatic N) is 4. The molecule has 0 spiro atoms. The molecule has 3 N–H and O–H groups in total. The molecule has 0 unspecified atom stereocenters. The fourth-order valence-corrected chi connectivity index (χ4v) is 4.82. The first kappa shape index (κ1) is 19.4. The van der Waals surface area contributed by atoms with Crippen LogP contribution >= 0.6 is 11.8 Å². The number of imidazole rings is 1. The molecule has 1 saturated carbocycles. The lowest BCUT2D eigenvalue weighted by molar-refractivity contribution is 0.174. The van der Waals surface area contributed by atoms with Gasteiger partial charge >= 0.3 is 0 Å². The molecule has 1 aromatic carbocycles. The second-order valence-corrected chi connectivity index (χ2v) is 8.91. The molecular weight excluding hydrogens is 428 g/mol. The van der Waals surface area contributed by atoms with Crippen LogP contribution in [-0.4, -0.2) is 39.4 Å². The van der Waals surface area contributed by atoms with Gasteiger partial charge in [-0.2, -0.15) is 0 Å². The summed E-state index contributed by atoms with van der Waals surface area (Å²) in [7, 11) is 0. The fourth-order valence-electron chi connectivity index (χ4n) is 3.76. The van der Waals surface area contributed by atoms with E-state index >= 15 is 0 Å². The van der Waals surface area contributed by atoms with Crippen LogP contribution in [0.25, 0.3) is 22.5 Å². The summed E-state index contributed by atoms with van der Waals surface area (Å²) >= 11 is 1.52. The maximum atomic E-state index is 6.11. The molecule has 10 heteroatoms. The Morgan fingerprint density at radius 1 is 1.19 bits per heavy atom. The van der Waals surface area contributed by atoms with Crippen LogP contribution in [0.15, 0.2) is 51.3 Å². The lowest BCUT2D eigenvalue weighted by Gasteiger charge is -2.12. The van der Waals surface area contributed by atoms with Gasteiger partial charge in [-0.15, -0.1) is 0 Å². The first-order valence-corrected chi connectivity index (χ1v) is 11.4. The number of benzene rings is 1. The van der Waals surface area contributed by atoms with Crippen LogP contribution in [0.3, 0.4) is 0 Å². The van der Waals surface area contributed by atoms with Gasteiger partial charge in [-0.3, -0.25) is 0 Å². The molecule has 0 amide bonds. The van der Waals surface area contributed by atoms with Gasteiger partial charge in [0.15, 0.2) is 33.6 Å². The van der Waals surface area contributed by atoms with Crippen molar-refractivity contribution in [2.75, 3.05) is 25.6 Å². The highest BCUT2D eigenvalue weighted by Gasteiger charge is 2.23. The second kappa shape index (κ2) is 8.03. The zero-order chi connectivity index (χ0) is 21.5. The van der Waals surface area contributed by atoms with Crippen LogP contribution in [0.1, 0.15) is 12.8 Å². The molecule has 2 aliphatic rings. The predicted octanol–water partition coefficient (Wildman–Crippen LogP) is 3.55. The molecule has 0 radical (unpaired) electrons. The van der Waals surface area contributed by atoms with Crippen LogP contribution in [-0.2, 0) is 6.54 Å². The number of furan rings is 1. The minimum atomic E-state index is 0.207. The number of hydrogen-bond acceptors (Lipinski definition) is 9. The summed E-state index contributed by atoms with van der Waals surface area (Å²) in [5.74, 6) is 3.35. The van der Waals surface area contributed by atoms with E-state index in [0.717, 1.165) is 52.6 Å². The summed E-state index contributed by atoms with van der Waals surface area (Å²) in [4.78, 5) is 14.3. The van der Waals surface area contributed by atoms with Crippen LogP contribution in [0.2, 0.25) is 0 Å². The molecule has 1 aliphatic carbocycles. The van der Waals surface area contributed by atoms with Gasteiger partial charge in [0.05, 0.1) is 6.26 Å². The smallest absolute Gasteiger partial charge is 0.231 e. The third-order valence-corrected chi connectivity index (χ3v) is 6.68. The molecule has 9 nitrogen and oxygen atoms in total. The number of nitrogens with two attached hydrogens (primary N) is 1. The Morgan fingerprint density at radius 3 is 2.88 bits per heavy atom. The van der Waals surface area contributed by atoms with Gasteiger partial charge in [0.2, 0.25) is 6.79 Å². The summed E-state index contributed by atoms with van der Waals surface area (Å²) in [5.41, 5.74) is 8.36. The zero-order valence-electron chi connectivity index (χ0n) is 17.3. The van der Waals surface area contributed by atoms with Crippen LogP contribution < -0.4 is 20.5 Å². The van der Waals surface area contributed by atoms with E-state index in [1.54, 1.807) is 6.26 Å². The van der Waals surface area contributed by atoms with Crippen molar-refractivity contribution >= 4 is 28.7 Å². The second-order valence-electron chi connectivity index (χ2n) is 7.91. The lowest BCUT2D eigenvalue weighted by Crippen LogP contribution is -2.22. The minimum absolute atomic E-state index is 0.207. The van der Waals surface area contributed by atoms with Crippen LogP contribution in [0.4, 0.5) is 5.82 Å². The highest BCUT2D eigenvalue weighted by atomic mass is 32.2. The minimum Gasteiger partial charge on any atom is -0.464 e. The molecule has 1 aliphatic heterocycles. The SMILES string of the molecule is Nc1ncnc2c1nc(Sc1cc3c(cc1-c1ccco1)OCO3)n2CCNCC1CC1. The Morgan fingerprint density at radius 2 is 2.06 bits per heavy atom. The number of ether oxygens (including phenoxy) is 2. The highest BCUT2D eigenvalue weighted by molar-refractivity contribution is 7.99. The summed E-state index contributed by atoms with van der Waals surface area (Å²) in [5, 5.41) is 4.32. The van der Waals surface area contributed by atoms with Gasteiger partial charge in [-0.1, -0.05) is 11.8 Å². The number of aromatic nitrogens is 4. The molecule has 1 fully saturated rings. The molecule has 32 heavy (non-hydrogen) atoms. The monoisotopic (exact) mass is 450 g/mol. The van der Waals surface area contributed by atoms with E-state index in [4.69, 9.17) is 24.6 Å². The maximum absolute atomic E-state index is 6.11. The summed E-state index contributed by atoms with van der Waals surface area (Å²) in [6.07, 6.45) is 5.79. The maximum Gasteiger partial charge on any atom is 0.231 e. The predicted molar refractivity (Wildman–Crippen MR) is 120 cm³/mol. The lowest BCUT2D eigenvalue weighted by atomic mass is 10.1. The van der Waals surface area contributed by atoms with Crippen LogP contribution in [0.5, 0.6) is 11.5 Å². The first-order chi connectivity index (χ1) is 15.8. The van der Waals surface area contributed by atoms with E-state index in [0.29, 0.717) is 22.8 Å². The van der Waals surface area contributed by atoms with Gasteiger partial charge in [0.25, 0.3) is 0 Å². The highest BCUT2D eigenvalue weighted by Crippen LogP contribution is 2.45. The Labute approximate surface area is 188 Å². The fraction of sp³-hybridized carbons (Fsp3) is 0.318.